The topological polar surface area (TPSA) is 444 Å². The normalized spacial score (nSPS) is 13.8. The number of guanidine groups is 1. The number of benzene rings is 2. The van der Waals surface area contributed by atoms with Crippen LogP contribution in [-0.4, -0.2) is 149 Å². The van der Waals surface area contributed by atoms with Crippen LogP contribution in [0, 0.1) is 5.92 Å². The Morgan fingerprint density at radius 3 is 1.63 bits per heavy atom. The summed E-state index contributed by atoms with van der Waals surface area (Å²) in [5.74, 6) is -9.81. The number of amides is 9. The van der Waals surface area contributed by atoms with Crippen LogP contribution < -0.4 is 65.5 Å². The highest BCUT2D eigenvalue weighted by Crippen LogP contribution is 2.13. The number of phenolic OH excluding ortho intramolecular Hbond substituents is 1. The van der Waals surface area contributed by atoms with Crippen molar-refractivity contribution in [1.82, 2.24) is 42.5 Å². The maximum absolute atomic E-state index is 14.0. The average Bonchev–Trinajstić information content (AvgIpc) is 3.30. The fourth-order valence-corrected chi connectivity index (χ4v) is 6.68. The van der Waals surface area contributed by atoms with Gasteiger partial charge in [0.15, 0.2) is 5.96 Å². The van der Waals surface area contributed by atoms with Crippen molar-refractivity contribution in [2.45, 2.75) is 108 Å². The number of phenols is 1. The average molecular weight is 998 g/mol. The van der Waals surface area contributed by atoms with Crippen molar-refractivity contribution in [3.63, 3.8) is 0 Å². The lowest BCUT2D eigenvalue weighted by atomic mass is 10.00. The number of rotatable bonds is 31. The van der Waals surface area contributed by atoms with E-state index in [2.05, 4.69) is 47.5 Å². The van der Waals surface area contributed by atoms with E-state index in [0.29, 0.717) is 11.1 Å². The third-order valence-electron chi connectivity index (χ3n) is 10.3. The highest BCUT2D eigenvalue weighted by Gasteiger charge is 2.34. The molecule has 26 heteroatoms. The first kappa shape index (κ1) is 59.3. The molecule has 0 saturated heterocycles. The minimum absolute atomic E-state index is 0.00627. The van der Waals surface area contributed by atoms with E-state index in [4.69, 9.17) is 22.9 Å². The number of hydrogen-bond donors (Lipinski definition) is 15. The Morgan fingerprint density at radius 1 is 0.592 bits per heavy atom. The summed E-state index contributed by atoms with van der Waals surface area (Å²) in [4.78, 5) is 133. The Hall–Kier alpha value is -7.87. The maximum Gasteiger partial charge on any atom is 0.326 e. The highest BCUT2D eigenvalue weighted by atomic mass is 16.4. The van der Waals surface area contributed by atoms with Gasteiger partial charge < -0.3 is 80.8 Å². The highest BCUT2D eigenvalue weighted by molar-refractivity contribution is 5.97. The van der Waals surface area contributed by atoms with Gasteiger partial charge >= 0.3 is 5.97 Å². The van der Waals surface area contributed by atoms with Gasteiger partial charge in [-0.3, -0.25) is 48.1 Å². The van der Waals surface area contributed by atoms with Crippen LogP contribution in [0.4, 0.5) is 0 Å². The van der Waals surface area contributed by atoms with Crippen LogP contribution in [0.25, 0.3) is 0 Å². The molecule has 2 aromatic carbocycles. The van der Waals surface area contributed by atoms with Crippen molar-refractivity contribution in [3.8, 4) is 5.75 Å². The number of carbonyl (C=O) groups excluding carboxylic acids is 9. The number of carbonyl (C=O) groups is 10. The van der Waals surface area contributed by atoms with Crippen molar-refractivity contribution in [2.24, 2.45) is 33.8 Å². The molecule has 0 radical (unpaired) electrons. The van der Waals surface area contributed by atoms with E-state index in [1.807, 2.05) is 0 Å². The molecule has 0 spiro atoms. The van der Waals surface area contributed by atoms with Gasteiger partial charge in [0.05, 0.1) is 25.7 Å². The zero-order valence-corrected chi connectivity index (χ0v) is 39.8. The molecule has 0 fully saturated rings. The Kier molecular flexibility index (Phi) is 25.5. The van der Waals surface area contributed by atoms with Crippen LogP contribution in [0.2, 0.25) is 0 Å². The predicted octanol–water partition coefficient (Wildman–Crippen LogP) is -4.89. The number of aliphatic hydroxyl groups excluding tert-OH is 1. The predicted molar refractivity (Wildman–Crippen MR) is 256 cm³/mol. The molecule has 2 rings (SSSR count). The van der Waals surface area contributed by atoms with Gasteiger partial charge in [-0.2, -0.15) is 0 Å². The Balaban J connectivity index is 2.29. The van der Waals surface area contributed by atoms with Crippen LogP contribution >= 0.6 is 0 Å². The minimum Gasteiger partial charge on any atom is -0.508 e. The molecule has 0 heterocycles. The van der Waals surface area contributed by atoms with Crippen LogP contribution in [-0.2, 0) is 60.8 Å². The minimum atomic E-state index is -1.75. The maximum atomic E-state index is 14.0. The summed E-state index contributed by atoms with van der Waals surface area (Å²) < 4.78 is 0. The molecule has 2 aromatic rings. The van der Waals surface area contributed by atoms with Gasteiger partial charge in [0.2, 0.25) is 53.2 Å². The molecule has 0 saturated carbocycles. The number of aliphatic imine (C=N–C) groups is 1. The molecule has 0 bridgehead atoms. The third-order valence-corrected chi connectivity index (χ3v) is 10.3. The summed E-state index contributed by atoms with van der Waals surface area (Å²) >= 11 is 0. The Bertz CT molecular complexity index is 2170. The molecular formula is C45H67N13O13. The molecule has 26 nitrogen and oxygen atoms in total. The second kappa shape index (κ2) is 30.6. The molecule has 19 N–H and O–H groups in total. The number of nitrogens with two attached hydrogens (primary N) is 4. The van der Waals surface area contributed by atoms with Crippen molar-refractivity contribution < 1.29 is 63.3 Å². The van der Waals surface area contributed by atoms with Gasteiger partial charge in [0.25, 0.3) is 0 Å². The number of carboxylic acid groups (broad SMARTS) is 1. The molecule has 71 heavy (non-hydrogen) atoms. The fourth-order valence-electron chi connectivity index (χ4n) is 6.68. The van der Waals surface area contributed by atoms with Crippen LogP contribution in [0.5, 0.6) is 5.75 Å². The fraction of sp³-hybridized carbons (Fsp3) is 0.489. The SMILES string of the molecule is CC(C)C[C@H](NC(=O)[C@@H](NC(=O)[C@H](CCCN=C(N)N)NC(=O)CNC(=O)[C@H](CCC(N)=O)NC(=O)CN)[C@@H](C)O)C(=O)N[C@@H](Cc1ccc(O)cc1)C(=O)NCC(=O)N[C@@H](Cc1ccccc1)C(=O)O. The van der Waals surface area contributed by atoms with E-state index in [0.717, 1.165) is 0 Å². The number of nitrogens with zero attached hydrogens (tertiary/aromatic N) is 1. The van der Waals surface area contributed by atoms with Gasteiger partial charge in [-0.15, -0.1) is 0 Å². The summed E-state index contributed by atoms with van der Waals surface area (Å²) in [6.45, 7) is 2.76. The quantitative estimate of drug-likeness (QED) is 0.0191. The summed E-state index contributed by atoms with van der Waals surface area (Å²) in [5.41, 5.74) is 22.4. The van der Waals surface area contributed by atoms with Gasteiger partial charge in [0, 0.05) is 25.8 Å². The summed E-state index contributed by atoms with van der Waals surface area (Å²) in [7, 11) is 0. The lowest BCUT2D eigenvalue weighted by molar-refractivity contribution is -0.141. The van der Waals surface area contributed by atoms with Gasteiger partial charge in [0.1, 0.15) is 42.0 Å². The molecular weight excluding hydrogens is 931 g/mol. The number of primary amides is 1. The van der Waals surface area contributed by atoms with Crippen LogP contribution in [0.1, 0.15) is 64.0 Å². The number of carboxylic acids is 1. The first-order valence-corrected chi connectivity index (χ1v) is 22.6. The Morgan fingerprint density at radius 2 is 1.10 bits per heavy atom. The number of hydrogen-bond acceptors (Lipinski definition) is 14. The van der Waals surface area contributed by atoms with E-state index in [9.17, 15) is 63.3 Å². The van der Waals surface area contributed by atoms with Crippen molar-refractivity contribution in [2.75, 3.05) is 26.2 Å². The number of aliphatic carboxylic acids is 1. The molecule has 0 aromatic heterocycles. The lowest BCUT2D eigenvalue weighted by Crippen LogP contribution is -2.61. The van der Waals surface area contributed by atoms with Crippen molar-refractivity contribution in [3.05, 3.63) is 65.7 Å². The van der Waals surface area contributed by atoms with Gasteiger partial charge in [-0.1, -0.05) is 56.3 Å². The third kappa shape index (κ3) is 23.3. The molecule has 0 aliphatic carbocycles. The Labute approximate surface area is 409 Å². The molecule has 7 atom stereocenters. The first-order valence-electron chi connectivity index (χ1n) is 22.6. The smallest absolute Gasteiger partial charge is 0.326 e. The van der Waals surface area contributed by atoms with Gasteiger partial charge in [-0.05, 0) is 61.8 Å². The molecule has 0 aliphatic heterocycles. The zero-order chi connectivity index (χ0) is 53.2. The number of nitrogens with one attached hydrogen (secondary N) is 8. The van der Waals surface area contributed by atoms with Crippen LogP contribution in [0.15, 0.2) is 59.6 Å². The summed E-state index contributed by atoms with van der Waals surface area (Å²) in [6.07, 6.45) is -2.39. The van der Waals surface area contributed by atoms with Crippen LogP contribution in [0.3, 0.4) is 0 Å². The zero-order valence-electron chi connectivity index (χ0n) is 39.8. The second-order valence-electron chi connectivity index (χ2n) is 16.8. The summed E-state index contributed by atoms with van der Waals surface area (Å²) in [6, 6.07) is 5.62. The molecule has 0 unspecified atom stereocenters. The molecule has 9 amide bonds. The standard InChI is InChI=1S/C45H67N13O13/c1-24(2)18-31(42(68)56-32(19-27-11-13-28(60)14-12-27)40(66)52-23-37(64)55-33(44(70)71)20-26-8-5-4-6-9-26)57-43(69)38(25(3)59)58-41(67)29(10-7-17-50-45(48)49)54-36(63)22-51-39(65)30(15-16-34(47)61)53-35(62)21-46/h4-6,8-9,11-14,24-25,29-33,38,59-60H,7,10,15-23,46H2,1-3H3,(H2,47,61)(H,51,65)(H,52,66)(H,53,62)(H,54,63)(H,55,64)(H,56,68)(H,57,69)(H,58,67)(H,70,71)(H4,48,49,50)/t25-,29+,30+,31+,32+,33+,38+/m1/s1. The lowest BCUT2D eigenvalue weighted by Gasteiger charge is -2.28. The van der Waals surface area contributed by atoms with E-state index in [1.54, 1.807) is 44.2 Å². The number of aliphatic hydroxyl groups is 1. The molecule has 390 valence electrons. The molecule has 0 aliphatic rings. The van der Waals surface area contributed by atoms with Crippen molar-refractivity contribution in [1.29, 1.82) is 0 Å². The largest absolute Gasteiger partial charge is 0.508 e. The van der Waals surface area contributed by atoms with Crippen molar-refractivity contribution >= 4 is 65.1 Å². The monoisotopic (exact) mass is 997 g/mol. The number of aromatic hydroxyl groups is 1. The first-order chi connectivity index (χ1) is 33.5. The van der Waals surface area contributed by atoms with E-state index < -0.39 is 121 Å². The second-order valence-corrected chi connectivity index (χ2v) is 16.8. The summed E-state index contributed by atoms with van der Waals surface area (Å²) in [5, 5.41) is 49.6. The van der Waals surface area contributed by atoms with Gasteiger partial charge in [-0.25, -0.2) is 4.79 Å². The van der Waals surface area contributed by atoms with E-state index >= 15 is 0 Å². The van der Waals surface area contributed by atoms with E-state index in [-0.39, 0.29) is 69.1 Å². The van der Waals surface area contributed by atoms with E-state index in [1.165, 1.54) is 31.2 Å².